The summed E-state index contributed by atoms with van der Waals surface area (Å²) in [6.45, 7) is 2.14. The summed E-state index contributed by atoms with van der Waals surface area (Å²) in [5.74, 6) is 0.748. The summed E-state index contributed by atoms with van der Waals surface area (Å²) in [6, 6.07) is 13.1. The van der Waals surface area contributed by atoms with Gasteiger partial charge in [0.15, 0.2) is 11.5 Å². The van der Waals surface area contributed by atoms with Crippen molar-refractivity contribution in [2.24, 2.45) is 0 Å². The van der Waals surface area contributed by atoms with Crippen LogP contribution in [0.2, 0.25) is 0 Å². The van der Waals surface area contributed by atoms with Crippen LogP contribution in [0, 0.1) is 0 Å². The summed E-state index contributed by atoms with van der Waals surface area (Å²) in [5.41, 5.74) is 2.47. The van der Waals surface area contributed by atoms with E-state index in [1.807, 2.05) is 24.3 Å². The number of para-hydroxylation sites is 1. The summed E-state index contributed by atoms with van der Waals surface area (Å²) >= 11 is 0. The molecule has 0 atom stereocenters. The average Bonchev–Trinajstić information content (AvgIpc) is 2.56. The van der Waals surface area contributed by atoms with Crippen LogP contribution >= 0.6 is 0 Å². The van der Waals surface area contributed by atoms with Crippen LogP contribution in [0.15, 0.2) is 42.5 Å². The highest BCUT2D eigenvalue weighted by molar-refractivity contribution is 6.06. The second-order valence-electron chi connectivity index (χ2n) is 4.94. The first-order valence-electron chi connectivity index (χ1n) is 7.30. The van der Waals surface area contributed by atoms with Crippen molar-refractivity contribution in [3.8, 4) is 11.5 Å². The van der Waals surface area contributed by atoms with E-state index in [0.29, 0.717) is 17.1 Å². The highest BCUT2D eigenvalue weighted by Crippen LogP contribution is 2.31. The van der Waals surface area contributed by atoms with Crippen LogP contribution in [0.25, 0.3) is 0 Å². The molecule has 0 saturated heterocycles. The molecule has 4 nitrogen and oxygen atoms in total. The summed E-state index contributed by atoms with van der Waals surface area (Å²) in [5, 5.41) is 2.88. The third-order valence-corrected chi connectivity index (χ3v) is 3.40. The molecule has 0 spiro atoms. The van der Waals surface area contributed by atoms with Crippen molar-refractivity contribution in [1.29, 1.82) is 0 Å². The first-order chi connectivity index (χ1) is 10.7. The van der Waals surface area contributed by atoms with E-state index in [9.17, 15) is 4.79 Å². The topological polar surface area (TPSA) is 47.6 Å². The van der Waals surface area contributed by atoms with E-state index in [1.54, 1.807) is 25.3 Å². The molecule has 2 aromatic rings. The number of rotatable bonds is 6. The zero-order valence-electron chi connectivity index (χ0n) is 13.2. The van der Waals surface area contributed by atoms with E-state index in [-0.39, 0.29) is 5.91 Å². The minimum Gasteiger partial charge on any atom is -0.493 e. The molecule has 0 aliphatic carbocycles. The summed E-state index contributed by atoms with van der Waals surface area (Å²) < 4.78 is 10.5. The third kappa shape index (κ3) is 3.58. The Hall–Kier alpha value is -2.49. The second kappa shape index (κ2) is 7.50. The molecular weight excluding hydrogens is 278 g/mol. The minimum absolute atomic E-state index is 0.223. The van der Waals surface area contributed by atoms with Gasteiger partial charge in [-0.05, 0) is 36.2 Å². The number of carbonyl (C=O) groups is 1. The van der Waals surface area contributed by atoms with Gasteiger partial charge in [-0.1, -0.05) is 31.5 Å². The van der Waals surface area contributed by atoms with Gasteiger partial charge in [0.1, 0.15) is 0 Å². The van der Waals surface area contributed by atoms with Crippen LogP contribution in [-0.4, -0.2) is 20.1 Å². The van der Waals surface area contributed by atoms with Gasteiger partial charge in [0.05, 0.1) is 19.8 Å². The summed E-state index contributed by atoms with van der Waals surface area (Å²) in [6.07, 6.45) is 2.14. The molecule has 2 rings (SSSR count). The first-order valence-corrected chi connectivity index (χ1v) is 7.30. The zero-order valence-corrected chi connectivity index (χ0v) is 13.2. The standard InChI is InChI=1S/C18H21NO3/c1-4-6-13-9-11-14(12-10-13)19-18(20)15-7-5-8-16(21-2)17(15)22-3/h5,7-12H,4,6H2,1-3H3,(H,19,20). The largest absolute Gasteiger partial charge is 0.493 e. The molecule has 0 heterocycles. The van der Waals surface area contributed by atoms with Crippen molar-refractivity contribution in [3.63, 3.8) is 0 Å². The van der Waals surface area contributed by atoms with Gasteiger partial charge in [0, 0.05) is 5.69 Å². The van der Waals surface area contributed by atoms with Crippen LogP contribution in [0.5, 0.6) is 11.5 Å². The zero-order chi connectivity index (χ0) is 15.9. The quantitative estimate of drug-likeness (QED) is 0.879. The van der Waals surface area contributed by atoms with Crippen molar-refractivity contribution < 1.29 is 14.3 Å². The number of carbonyl (C=O) groups excluding carboxylic acids is 1. The van der Waals surface area contributed by atoms with Gasteiger partial charge < -0.3 is 14.8 Å². The third-order valence-electron chi connectivity index (χ3n) is 3.40. The van der Waals surface area contributed by atoms with Crippen molar-refractivity contribution in [2.75, 3.05) is 19.5 Å². The van der Waals surface area contributed by atoms with Gasteiger partial charge in [-0.3, -0.25) is 4.79 Å². The summed E-state index contributed by atoms with van der Waals surface area (Å²) in [7, 11) is 3.07. The monoisotopic (exact) mass is 299 g/mol. The fourth-order valence-electron chi connectivity index (χ4n) is 2.31. The van der Waals surface area contributed by atoms with Crippen LogP contribution < -0.4 is 14.8 Å². The molecule has 0 bridgehead atoms. The number of hydrogen-bond acceptors (Lipinski definition) is 3. The molecule has 0 radical (unpaired) electrons. The highest BCUT2D eigenvalue weighted by Gasteiger charge is 2.16. The number of ether oxygens (including phenoxy) is 2. The van der Waals surface area contributed by atoms with E-state index >= 15 is 0 Å². The van der Waals surface area contributed by atoms with E-state index < -0.39 is 0 Å². The van der Waals surface area contributed by atoms with Crippen molar-refractivity contribution >= 4 is 11.6 Å². The number of anilines is 1. The Balaban J connectivity index is 2.18. The van der Waals surface area contributed by atoms with E-state index in [4.69, 9.17) is 9.47 Å². The lowest BCUT2D eigenvalue weighted by Gasteiger charge is -2.12. The molecule has 0 aromatic heterocycles. The lowest BCUT2D eigenvalue weighted by atomic mass is 10.1. The van der Waals surface area contributed by atoms with Crippen LogP contribution in [-0.2, 0) is 6.42 Å². The second-order valence-corrected chi connectivity index (χ2v) is 4.94. The number of benzene rings is 2. The first kappa shape index (κ1) is 15.9. The molecular formula is C18H21NO3. The van der Waals surface area contributed by atoms with E-state index in [1.165, 1.54) is 12.7 Å². The number of amides is 1. The van der Waals surface area contributed by atoms with Gasteiger partial charge in [0.25, 0.3) is 5.91 Å². The fourth-order valence-corrected chi connectivity index (χ4v) is 2.31. The molecule has 0 unspecified atom stereocenters. The van der Waals surface area contributed by atoms with Crippen molar-refractivity contribution in [1.82, 2.24) is 0 Å². The Morgan fingerprint density at radius 1 is 1.05 bits per heavy atom. The molecule has 0 fully saturated rings. The Morgan fingerprint density at radius 3 is 2.36 bits per heavy atom. The minimum atomic E-state index is -0.223. The lowest BCUT2D eigenvalue weighted by Crippen LogP contribution is -2.13. The van der Waals surface area contributed by atoms with E-state index in [0.717, 1.165) is 18.5 Å². The van der Waals surface area contributed by atoms with Crippen LogP contribution in [0.3, 0.4) is 0 Å². The Labute approximate surface area is 131 Å². The maximum absolute atomic E-state index is 12.4. The van der Waals surface area contributed by atoms with Gasteiger partial charge in [-0.15, -0.1) is 0 Å². The molecule has 1 N–H and O–H groups in total. The number of methoxy groups -OCH3 is 2. The van der Waals surface area contributed by atoms with E-state index in [2.05, 4.69) is 12.2 Å². The predicted molar refractivity (Wildman–Crippen MR) is 87.9 cm³/mol. The highest BCUT2D eigenvalue weighted by atomic mass is 16.5. The molecule has 22 heavy (non-hydrogen) atoms. The number of nitrogens with one attached hydrogen (secondary N) is 1. The molecule has 0 aliphatic heterocycles. The molecule has 1 amide bonds. The Morgan fingerprint density at radius 2 is 1.77 bits per heavy atom. The molecule has 0 saturated carbocycles. The summed E-state index contributed by atoms with van der Waals surface area (Å²) in [4.78, 5) is 12.4. The number of hydrogen-bond donors (Lipinski definition) is 1. The van der Waals surface area contributed by atoms with Gasteiger partial charge in [0.2, 0.25) is 0 Å². The molecule has 0 aliphatic rings. The fraction of sp³-hybridized carbons (Fsp3) is 0.278. The SMILES string of the molecule is CCCc1ccc(NC(=O)c2cccc(OC)c2OC)cc1. The lowest BCUT2D eigenvalue weighted by molar-refractivity contribution is 0.102. The number of aryl methyl sites for hydroxylation is 1. The average molecular weight is 299 g/mol. The maximum atomic E-state index is 12.4. The van der Waals surface area contributed by atoms with Gasteiger partial charge in [-0.2, -0.15) is 0 Å². The smallest absolute Gasteiger partial charge is 0.259 e. The van der Waals surface area contributed by atoms with Crippen molar-refractivity contribution in [3.05, 3.63) is 53.6 Å². The molecule has 4 heteroatoms. The molecule has 2 aromatic carbocycles. The maximum Gasteiger partial charge on any atom is 0.259 e. The predicted octanol–water partition coefficient (Wildman–Crippen LogP) is 3.91. The van der Waals surface area contributed by atoms with Gasteiger partial charge in [-0.25, -0.2) is 0 Å². The molecule has 116 valence electrons. The normalized spacial score (nSPS) is 10.1. The van der Waals surface area contributed by atoms with Gasteiger partial charge >= 0.3 is 0 Å². The Kier molecular flexibility index (Phi) is 5.42. The van der Waals surface area contributed by atoms with Crippen molar-refractivity contribution in [2.45, 2.75) is 19.8 Å². The Bertz CT molecular complexity index is 635. The van der Waals surface area contributed by atoms with Crippen LogP contribution in [0.1, 0.15) is 29.3 Å². The van der Waals surface area contributed by atoms with Crippen LogP contribution in [0.4, 0.5) is 5.69 Å².